The maximum atomic E-state index is 11.0. The fourth-order valence-electron chi connectivity index (χ4n) is 0.107. The van der Waals surface area contributed by atoms with E-state index in [0.717, 1.165) is 0 Å². The van der Waals surface area contributed by atoms with Crippen molar-refractivity contribution in [3.63, 3.8) is 0 Å². The van der Waals surface area contributed by atoms with Crippen LogP contribution in [-0.4, -0.2) is 17.9 Å². The van der Waals surface area contributed by atoms with Crippen LogP contribution in [0.15, 0.2) is 11.9 Å². The van der Waals surface area contributed by atoms with E-state index < -0.39 is 18.1 Å². The highest BCUT2D eigenvalue weighted by molar-refractivity contribution is 4.98. The maximum absolute atomic E-state index is 11.0. The van der Waals surface area contributed by atoms with Gasteiger partial charge in [-0.2, -0.15) is 26.3 Å². The Kier molecular flexibility index (Phi) is 6.77. The lowest BCUT2D eigenvalue weighted by Crippen LogP contribution is -2.08. The first-order chi connectivity index (χ1) is 5.27. The molecule has 0 radical (unpaired) electrons. The van der Waals surface area contributed by atoms with Crippen molar-refractivity contribution in [3.8, 4) is 0 Å². The molecule has 0 aliphatic heterocycles. The summed E-state index contributed by atoms with van der Waals surface area (Å²) in [5.74, 6) is -3.33. The molecule has 0 rings (SSSR count). The van der Waals surface area contributed by atoms with Gasteiger partial charge in [-0.05, 0) is 6.92 Å². The predicted molar refractivity (Wildman–Crippen MR) is 29.2 cm³/mol. The van der Waals surface area contributed by atoms with Gasteiger partial charge in [-0.15, -0.1) is 0 Å². The van der Waals surface area contributed by atoms with Gasteiger partial charge in [0.1, 0.15) is 0 Å². The summed E-state index contributed by atoms with van der Waals surface area (Å²) >= 11 is 0. The van der Waals surface area contributed by atoms with Gasteiger partial charge >= 0.3 is 12.3 Å². The Labute approximate surface area is 64.3 Å². The Morgan fingerprint density at radius 2 is 1.42 bits per heavy atom. The van der Waals surface area contributed by atoms with Crippen LogP contribution in [0.5, 0.6) is 0 Å². The molecule has 0 atom stereocenters. The molecule has 74 valence electrons. The molecule has 0 saturated carbocycles. The molecule has 0 aromatic rings. The highest BCUT2D eigenvalue weighted by Gasteiger charge is 2.38. The zero-order chi connectivity index (χ0) is 10.4. The van der Waals surface area contributed by atoms with Gasteiger partial charge in [-0.1, -0.05) is 0 Å². The molecule has 0 spiro atoms. The minimum absolute atomic E-state index is 0.250. The molecule has 12 heavy (non-hydrogen) atoms. The topological polar surface area (TPSA) is 20.2 Å². The third-order valence-electron chi connectivity index (χ3n) is 0.415. The maximum Gasteiger partial charge on any atom is 0.448 e. The molecule has 0 bridgehead atoms. The standard InChI is InChI=1S/C3F6.C2H6O/c4-1(2(5)6)3(7,8)9;1-2-3/h;3H,2H2,1H3. The normalized spacial score (nSPS) is 10.0. The molecule has 7 heteroatoms. The van der Waals surface area contributed by atoms with Gasteiger partial charge in [0.25, 0.3) is 5.83 Å². The van der Waals surface area contributed by atoms with E-state index in [4.69, 9.17) is 5.11 Å². The lowest BCUT2D eigenvalue weighted by Gasteiger charge is -1.98. The number of alkyl halides is 3. The number of hydrogen-bond donors (Lipinski definition) is 1. The third-order valence-corrected chi connectivity index (χ3v) is 0.415. The van der Waals surface area contributed by atoms with Crippen LogP contribution in [0.4, 0.5) is 26.3 Å². The molecule has 0 aliphatic carbocycles. The van der Waals surface area contributed by atoms with Crippen molar-refractivity contribution in [1.82, 2.24) is 0 Å². The van der Waals surface area contributed by atoms with Gasteiger partial charge in [0.15, 0.2) is 0 Å². The monoisotopic (exact) mass is 196 g/mol. The van der Waals surface area contributed by atoms with E-state index in [1.165, 1.54) is 0 Å². The quantitative estimate of drug-likeness (QED) is 0.590. The molecule has 0 heterocycles. The summed E-state index contributed by atoms with van der Waals surface area (Å²) in [7, 11) is 0. The van der Waals surface area contributed by atoms with Gasteiger partial charge in [0.05, 0.1) is 0 Å². The van der Waals surface area contributed by atoms with E-state index in [1.54, 1.807) is 6.92 Å². The summed E-state index contributed by atoms with van der Waals surface area (Å²) in [5.41, 5.74) is 0. The Morgan fingerprint density at radius 3 is 1.42 bits per heavy atom. The Balaban J connectivity index is 0. The van der Waals surface area contributed by atoms with Gasteiger partial charge in [-0.3, -0.25) is 0 Å². The molecular weight excluding hydrogens is 190 g/mol. The van der Waals surface area contributed by atoms with Crippen molar-refractivity contribution >= 4 is 0 Å². The average molecular weight is 196 g/mol. The van der Waals surface area contributed by atoms with E-state index in [2.05, 4.69) is 0 Å². The van der Waals surface area contributed by atoms with Crippen LogP contribution in [0, 0.1) is 0 Å². The first-order valence-corrected chi connectivity index (χ1v) is 2.66. The lowest BCUT2D eigenvalue weighted by molar-refractivity contribution is -0.113. The van der Waals surface area contributed by atoms with Crippen molar-refractivity contribution in [2.75, 3.05) is 6.61 Å². The van der Waals surface area contributed by atoms with Gasteiger partial charge < -0.3 is 5.11 Å². The number of aliphatic hydroxyl groups excluding tert-OH is 1. The molecule has 1 N–H and O–H groups in total. The summed E-state index contributed by atoms with van der Waals surface area (Å²) in [5, 5.41) is 7.57. The summed E-state index contributed by atoms with van der Waals surface area (Å²) in [6, 6.07) is 0. The van der Waals surface area contributed by atoms with Crippen LogP contribution >= 0.6 is 0 Å². The number of hydrogen-bond acceptors (Lipinski definition) is 1. The molecule has 0 aromatic heterocycles. The fourth-order valence-corrected chi connectivity index (χ4v) is 0.107. The summed E-state index contributed by atoms with van der Waals surface area (Å²) < 4.78 is 64.8. The number of rotatable bonds is 0. The van der Waals surface area contributed by atoms with Gasteiger partial charge in [-0.25, -0.2) is 0 Å². The summed E-state index contributed by atoms with van der Waals surface area (Å²) in [6.45, 7) is 1.93. The van der Waals surface area contributed by atoms with Crippen molar-refractivity contribution in [3.05, 3.63) is 11.9 Å². The number of halogens is 6. The van der Waals surface area contributed by atoms with E-state index in [0.29, 0.717) is 0 Å². The minimum atomic E-state index is -5.56. The van der Waals surface area contributed by atoms with Crippen LogP contribution < -0.4 is 0 Å². The zero-order valence-corrected chi connectivity index (χ0v) is 5.92. The van der Waals surface area contributed by atoms with E-state index in [-0.39, 0.29) is 6.61 Å². The number of allylic oxidation sites excluding steroid dienone is 1. The van der Waals surface area contributed by atoms with Gasteiger partial charge in [0.2, 0.25) is 0 Å². The smallest absolute Gasteiger partial charge is 0.397 e. The zero-order valence-electron chi connectivity index (χ0n) is 5.92. The molecule has 0 fully saturated rings. The van der Waals surface area contributed by atoms with E-state index >= 15 is 0 Å². The molecule has 0 saturated heterocycles. The average Bonchev–Trinajstić information content (AvgIpc) is 1.85. The summed E-state index contributed by atoms with van der Waals surface area (Å²) in [6.07, 6.45) is -8.90. The number of aliphatic hydroxyl groups is 1. The second-order valence-electron chi connectivity index (χ2n) is 1.39. The van der Waals surface area contributed by atoms with Crippen molar-refractivity contribution < 1.29 is 31.4 Å². The van der Waals surface area contributed by atoms with Gasteiger partial charge in [0, 0.05) is 6.61 Å². The van der Waals surface area contributed by atoms with Crippen LogP contribution in [0.25, 0.3) is 0 Å². The SMILES string of the molecule is CCO.FC(F)=C(F)C(F)(F)F. The van der Waals surface area contributed by atoms with Crippen molar-refractivity contribution in [1.29, 1.82) is 0 Å². The summed E-state index contributed by atoms with van der Waals surface area (Å²) in [4.78, 5) is 0. The first-order valence-electron chi connectivity index (χ1n) is 2.66. The predicted octanol–water partition coefficient (Wildman–Crippen LogP) is 2.62. The Hall–Kier alpha value is -0.720. The molecular formula is C5H6F6O. The van der Waals surface area contributed by atoms with E-state index in [1.807, 2.05) is 0 Å². The molecule has 0 aliphatic rings. The van der Waals surface area contributed by atoms with Crippen LogP contribution in [0.3, 0.4) is 0 Å². The van der Waals surface area contributed by atoms with Crippen molar-refractivity contribution in [2.24, 2.45) is 0 Å². The Morgan fingerprint density at radius 1 is 1.17 bits per heavy atom. The molecule has 1 nitrogen and oxygen atoms in total. The van der Waals surface area contributed by atoms with E-state index in [9.17, 15) is 26.3 Å². The fraction of sp³-hybridized carbons (Fsp3) is 0.600. The second kappa shape index (κ2) is 5.87. The largest absolute Gasteiger partial charge is 0.448 e. The Bertz CT molecular complexity index is 145. The lowest BCUT2D eigenvalue weighted by atomic mass is 10.6. The first kappa shape index (κ1) is 13.8. The van der Waals surface area contributed by atoms with Crippen molar-refractivity contribution in [2.45, 2.75) is 13.1 Å². The van der Waals surface area contributed by atoms with Crippen LogP contribution in [0.2, 0.25) is 0 Å². The highest BCUT2D eigenvalue weighted by Crippen LogP contribution is 2.29. The second-order valence-corrected chi connectivity index (χ2v) is 1.39. The molecule has 0 amide bonds. The van der Waals surface area contributed by atoms with Crippen LogP contribution in [-0.2, 0) is 0 Å². The minimum Gasteiger partial charge on any atom is -0.397 e. The molecule has 0 unspecified atom stereocenters. The third kappa shape index (κ3) is 7.39. The van der Waals surface area contributed by atoms with Crippen LogP contribution in [0.1, 0.15) is 6.92 Å². The highest BCUT2D eigenvalue weighted by atomic mass is 19.4. The molecule has 0 aromatic carbocycles.